The maximum atomic E-state index is 13.0. The number of benzene rings is 1. The van der Waals surface area contributed by atoms with E-state index in [0.29, 0.717) is 30.0 Å². The van der Waals surface area contributed by atoms with E-state index in [1.54, 1.807) is 30.5 Å². The fourth-order valence-electron chi connectivity index (χ4n) is 2.01. The van der Waals surface area contributed by atoms with Gasteiger partial charge in [-0.3, -0.25) is 4.57 Å². The van der Waals surface area contributed by atoms with Crippen LogP contribution in [0.2, 0.25) is 0 Å². The summed E-state index contributed by atoms with van der Waals surface area (Å²) in [6.07, 6.45) is 1.60. The van der Waals surface area contributed by atoms with Gasteiger partial charge in [0.2, 0.25) is 0 Å². The van der Waals surface area contributed by atoms with Crippen LogP contribution in [0.4, 0.5) is 10.1 Å². The Bertz CT molecular complexity index is 794. The molecule has 2 heterocycles. The SMILES string of the molecule is O=c1oc2cccnc2n1CCNc1cccc(F)c1. The predicted octanol–water partition coefficient (Wildman–Crippen LogP) is 2.24. The molecule has 0 radical (unpaired) electrons. The zero-order valence-electron chi connectivity index (χ0n) is 10.5. The molecule has 2 aromatic heterocycles. The summed E-state index contributed by atoms with van der Waals surface area (Å²) in [5.74, 6) is -0.748. The molecule has 0 atom stereocenters. The molecule has 1 aromatic carbocycles. The molecule has 0 unspecified atom stereocenters. The number of fused-ring (bicyclic) bond motifs is 1. The highest BCUT2D eigenvalue weighted by Gasteiger charge is 2.08. The molecule has 102 valence electrons. The number of nitrogens with zero attached hydrogens (tertiary/aromatic N) is 2. The van der Waals surface area contributed by atoms with Crippen molar-refractivity contribution >= 4 is 16.9 Å². The molecule has 5 nitrogen and oxygen atoms in total. The average Bonchev–Trinajstić information content (AvgIpc) is 2.75. The molecule has 0 bridgehead atoms. The Labute approximate surface area is 113 Å². The lowest BCUT2D eigenvalue weighted by atomic mass is 10.3. The molecule has 0 fully saturated rings. The van der Waals surface area contributed by atoms with Gasteiger partial charge in [0.1, 0.15) is 5.82 Å². The minimum atomic E-state index is -0.445. The van der Waals surface area contributed by atoms with Crippen molar-refractivity contribution in [2.75, 3.05) is 11.9 Å². The minimum Gasteiger partial charge on any atom is -0.406 e. The maximum Gasteiger partial charge on any atom is 0.421 e. The first-order valence-corrected chi connectivity index (χ1v) is 6.18. The van der Waals surface area contributed by atoms with E-state index in [1.165, 1.54) is 16.7 Å². The number of hydrogen-bond acceptors (Lipinski definition) is 4. The van der Waals surface area contributed by atoms with E-state index in [0.717, 1.165) is 0 Å². The first-order chi connectivity index (χ1) is 9.74. The zero-order chi connectivity index (χ0) is 13.9. The monoisotopic (exact) mass is 273 g/mol. The van der Waals surface area contributed by atoms with Crippen molar-refractivity contribution in [2.45, 2.75) is 6.54 Å². The molecule has 0 saturated carbocycles. The van der Waals surface area contributed by atoms with E-state index in [4.69, 9.17) is 4.42 Å². The third-order valence-corrected chi connectivity index (χ3v) is 2.91. The van der Waals surface area contributed by atoms with E-state index in [1.807, 2.05) is 0 Å². The average molecular weight is 273 g/mol. The minimum absolute atomic E-state index is 0.303. The predicted molar refractivity (Wildman–Crippen MR) is 73.2 cm³/mol. The number of anilines is 1. The van der Waals surface area contributed by atoms with Crippen LogP contribution in [0, 0.1) is 5.82 Å². The third kappa shape index (κ3) is 2.40. The van der Waals surface area contributed by atoms with Crippen molar-refractivity contribution in [2.24, 2.45) is 0 Å². The van der Waals surface area contributed by atoms with Crippen LogP contribution >= 0.6 is 0 Å². The summed E-state index contributed by atoms with van der Waals surface area (Å²) in [5, 5.41) is 3.05. The topological polar surface area (TPSA) is 60.1 Å². The van der Waals surface area contributed by atoms with E-state index < -0.39 is 5.76 Å². The highest BCUT2D eigenvalue weighted by Crippen LogP contribution is 2.10. The Morgan fingerprint density at radius 2 is 2.20 bits per heavy atom. The van der Waals surface area contributed by atoms with Crippen molar-refractivity contribution in [1.29, 1.82) is 0 Å². The highest BCUT2D eigenvalue weighted by molar-refractivity contribution is 5.67. The molecule has 0 saturated heterocycles. The molecule has 1 N–H and O–H groups in total. The van der Waals surface area contributed by atoms with Crippen LogP contribution in [0.15, 0.2) is 51.8 Å². The Hall–Kier alpha value is -2.63. The second kappa shape index (κ2) is 5.16. The van der Waals surface area contributed by atoms with Crippen LogP contribution in [0.25, 0.3) is 11.2 Å². The van der Waals surface area contributed by atoms with E-state index in [9.17, 15) is 9.18 Å². The van der Waals surface area contributed by atoms with Crippen LogP contribution in [0.5, 0.6) is 0 Å². The molecule has 0 aliphatic heterocycles. The molecular weight excluding hydrogens is 261 g/mol. The van der Waals surface area contributed by atoms with Gasteiger partial charge in [-0.1, -0.05) is 6.07 Å². The fourth-order valence-corrected chi connectivity index (χ4v) is 2.01. The normalized spacial score (nSPS) is 10.8. The lowest BCUT2D eigenvalue weighted by Crippen LogP contribution is -2.20. The summed E-state index contributed by atoms with van der Waals surface area (Å²) in [7, 11) is 0. The van der Waals surface area contributed by atoms with Gasteiger partial charge in [0.05, 0.1) is 0 Å². The Morgan fingerprint density at radius 3 is 3.05 bits per heavy atom. The number of hydrogen-bond donors (Lipinski definition) is 1. The van der Waals surface area contributed by atoms with Gasteiger partial charge >= 0.3 is 5.76 Å². The molecule has 0 aliphatic carbocycles. The molecule has 6 heteroatoms. The number of nitrogens with one attached hydrogen (secondary N) is 1. The maximum absolute atomic E-state index is 13.0. The van der Waals surface area contributed by atoms with Crippen molar-refractivity contribution in [1.82, 2.24) is 9.55 Å². The van der Waals surface area contributed by atoms with E-state index in [-0.39, 0.29) is 5.82 Å². The van der Waals surface area contributed by atoms with Crippen molar-refractivity contribution in [3.8, 4) is 0 Å². The Morgan fingerprint density at radius 1 is 1.30 bits per heavy atom. The Kier molecular flexibility index (Phi) is 3.20. The third-order valence-electron chi connectivity index (χ3n) is 2.91. The highest BCUT2D eigenvalue weighted by atomic mass is 19.1. The van der Waals surface area contributed by atoms with Gasteiger partial charge in [-0.05, 0) is 30.3 Å². The number of halogens is 1. The molecule has 3 aromatic rings. The fraction of sp³-hybridized carbons (Fsp3) is 0.143. The molecule has 3 rings (SSSR count). The first-order valence-electron chi connectivity index (χ1n) is 6.18. The van der Waals surface area contributed by atoms with Gasteiger partial charge in [0.25, 0.3) is 0 Å². The molecule has 0 amide bonds. The van der Waals surface area contributed by atoms with Crippen LogP contribution < -0.4 is 11.1 Å². The lowest BCUT2D eigenvalue weighted by Gasteiger charge is -2.06. The molecule has 0 spiro atoms. The molecule has 20 heavy (non-hydrogen) atoms. The van der Waals surface area contributed by atoms with Gasteiger partial charge in [0.15, 0.2) is 11.2 Å². The summed E-state index contributed by atoms with van der Waals surface area (Å²) in [4.78, 5) is 15.8. The van der Waals surface area contributed by atoms with E-state index >= 15 is 0 Å². The lowest BCUT2D eigenvalue weighted by molar-refractivity contribution is 0.509. The molecular formula is C14H12FN3O2. The van der Waals surface area contributed by atoms with Crippen molar-refractivity contribution in [3.63, 3.8) is 0 Å². The summed E-state index contributed by atoms with van der Waals surface area (Å²) in [6, 6.07) is 9.56. The van der Waals surface area contributed by atoms with Gasteiger partial charge < -0.3 is 9.73 Å². The smallest absolute Gasteiger partial charge is 0.406 e. The van der Waals surface area contributed by atoms with Crippen LogP contribution in [-0.2, 0) is 6.54 Å². The second-order valence-electron chi connectivity index (χ2n) is 4.28. The number of pyridine rings is 1. The van der Waals surface area contributed by atoms with Gasteiger partial charge in [0, 0.05) is 25.0 Å². The van der Waals surface area contributed by atoms with Crippen LogP contribution in [0.3, 0.4) is 0 Å². The molecule has 0 aliphatic rings. The summed E-state index contributed by atoms with van der Waals surface area (Å²) < 4.78 is 19.5. The number of oxazole rings is 1. The van der Waals surface area contributed by atoms with Crippen LogP contribution in [-0.4, -0.2) is 16.1 Å². The van der Waals surface area contributed by atoms with Gasteiger partial charge in [-0.25, -0.2) is 14.2 Å². The summed E-state index contributed by atoms with van der Waals surface area (Å²) in [6.45, 7) is 0.855. The summed E-state index contributed by atoms with van der Waals surface area (Å²) in [5.41, 5.74) is 1.64. The number of rotatable bonds is 4. The van der Waals surface area contributed by atoms with Crippen molar-refractivity contribution < 1.29 is 8.81 Å². The first kappa shape index (κ1) is 12.4. The number of aromatic nitrogens is 2. The standard InChI is InChI=1S/C14H12FN3O2/c15-10-3-1-4-11(9-10)16-7-8-18-13-12(20-14(18)19)5-2-6-17-13/h1-6,9,16H,7-8H2. The van der Waals surface area contributed by atoms with E-state index in [2.05, 4.69) is 10.3 Å². The van der Waals surface area contributed by atoms with Crippen LogP contribution in [0.1, 0.15) is 0 Å². The quantitative estimate of drug-likeness (QED) is 0.792. The largest absolute Gasteiger partial charge is 0.421 e. The van der Waals surface area contributed by atoms with Gasteiger partial charge in [-0.2, -0.15) is 0 Å². The summed E-state index contributed by atoms with van der Waals surface area (Å²) >= 11 is 0. The van der Waals surface area contributed by atoms with Gasteiger partial charge in [-0.15, -0.1) is 0 Å². The van der Waals surface area contributed by atoms with Crippen molar-refractivity contribution in [3.05, 3.63) is 59.0 Å². The second-order valence-corrected chi connectivity index (χ2v) is 4.28. The Balaban J connectivity index is 1.74. The zero-order valence-corrected chi connectivity index (χ0v) is 10.5.